The van der Waals surface area contributed by atoms with E-state index < -0.39 is 0 Å². The van der Waals surface area contributed by atoms with E-state index in [2.05, 4.69) is 20.8 Å². The molecule has 2 N–H and O–H groups in total. The molecule has 32 heavy (non-hydrogen) atoms. The molecule has 4 rings (SSSR count). The number of benzene rings is 1. The third kappa shape index (κ3) is 4.89. The van der Waals surface area contributed by atoms with Crippen molar-refractivity contribution in [2.75, 3.05) is 37.9 Å². The first-order valence-electron chi connectivity index (χ1n) is 9.92. The van der Waals surface area contributed by atoms with E-state index >= 15 is 0 Å². The predicted octanol–water partition coefficient (Wildman–Crippen LogP) is 2.71. The molecule has 0 atom stereocenters. The van der Waals surface area contributed by atoms with E-state index in [1.165, 1.54) is 11.3 Å². The predicted molar refractivity (Wildman–Crippen MR) is 118 cm³/mol. The molecule has 10 nitrogen and oxygen atoms in total. The van der Waals surface area contributed by atoms with Crippen LogP contribution >= 0.6 is 11.3 Å². The number of methoxy groups -OCH3 is 2. The molecule has 0 saturated carbocycles. The monoisotopic (exact) mass is 457 g/mol. The molecule has 11 heteroatoms. The first-order chi connectivity index (χ1) is 15.4. The van der Waals surface area contributed by atoms with Crippen LogP contribution in [0.3, 0.4) is 0 Å². The number of nitrogens with one attached hydrogen (secondary N) is 2. The number of amides is 2. The Morgan fingerprint density at radius 2 is 2.06 bits per heavy atom. The van der Waals surface area contributed by atoms with E-state index in [1.54, 1.807) is 45.4 Å². The number of ether oxygens (including phenoxy) is 2. The summed E-state index contributed by atoms with van der Waals surface area (Å²) < 4.78 is 15.5. The van der Waals surface area contributed by atoms with Gasteiger partial charge in [0.05, 0.1) is 32.1 Å². The molecule has 0 aliphatic carbocycles. The molecule has 1 aliphatic heterocycles. The average molecular weight is 458 g/mol. The molecule has 0 fully saturated rings. The van der Waals surface area contributed by atoms with Crippen LogP contribution in [0.15, 0.2) is 28.8 Å². The van der Waals surface area contributed by atoms with Gasteiger partial charge in [-0.1, -0.05) is 5.16 Å². The molecule has 0 radical (unpaired) electrons. The molecule has 0 unspecified atom stereocenters. The lowest BCUT2D eigenvalue weighted by atomic mass is 10.2. The van der Waals surface area contributed by atoms with Gasteiger partial charge in [0, 0.05) is 36.5 Å². The van der Waals surface area contributed by atoms with Crippen molar-refractivity contribution in [1.29, 1.82) is 0 Å². The Labute approximate surface area is 188 Å². The Bertz CT molecular complexity index is 1140. The maximum Gasteiger partial charge on any atom is 0.279 e. The number of aromatic nitrogens is 2. The zero-order chi connectivity index (χ0) is 22.7. The maximum absolute atomic E-state index is 12.6. The van der Waals surface area contributed by atoms with Crippen LogP contribution in [0, 0.1) is 6.92 Å². The van der Waals surface area contributed by atoms with Gasteiger partial charge in [0.2, 0.25) is 5.91 Å². The first-order valence-corrected chi connectivity index (χ1v) is 10.7. The maximum atomic E-state index is 12.6. The molecule has 168 valence electrons. The molecule has 2 amide bonds. The van der Waals surface area contributed by atoms with Gasteiger partial charge in [0.25, 0.3) is 5.91 Å². The van der Waals surface area contributed by atoms with Crippen LogP contribution in [0.4, 0.5) is 10.8 Å². The topological polar surface area (TPSA) is 119 Å². The quantitative estimate of drug-likeness (QED) is 0.556. The summed E-state index contributed by atoms with van der Waals surface area (Å²) in [5.74, 6) is 1.24. The van der Waals surface area contributed by atoms with Crippen molar-refractivity contribution in [2.24, 2.45) is 0 Å². The minimum Gasteiger partial charge on any atom is -0.497 e. The number of anilines is 2. The summed E-state index contributed by atoms with van der Waals surface area (Å²) in [7, 11) is 3.11. The summed E-state index contributed by atoms with van der Waals surface area (Å²) in [5, 5.41) is 9.88. The minimum absolute atomic E-state index is 0.142. The number of hydrogen-bond acceptors (Lipinski definition) is 9. The number of fused-ring (bicyclic) bond motifs is 1. The van der Waals surface area contributed by atoms with Gasteiger partial charge in [0.15, 0.2) is 10.8 Å². The van der Waals surface area contributed by atoms with Crippen LogP contribution in [0.1, 0.15) is 26.8 Å². The molecule has 2 aromatic heterocycles. The van der Waals surface area contributed by atoms with Crippen LogP contribution in [0.5, 0.6) is 11.5 Å². The highest BCUT2D eigenvalue weighted by atomic mass is 32.1. The molecule has 1 aromatic carbocycles. The van der Waals surface area contributed by atoms with Crippen LogP contribution in [-0.2, 0) is 17.8 Å². The summed E-state index contributed by atoms with van der Waals surface area (Å²) >= 11 is 1.40. The number of nitrogens with zero attached hydrogens (tertiary/aromatic N) is 3. The Kier molecular flexibility index (Phi) is 6.37. The first kappa shape index (κ1) is 21.8. The van der Waals surface area contributed by atoms with E-state index in [0.29, 0.717) is 47.6 Å². The number of rotatable bonds is 7. The van der Waals surface area contributed by atoms with Gasteiger partial charge in [-0.15, -0.1) is 11.3 Å². The van der Waals surface area contributed by atoms with Crippen molar-refractivity contribution < 1.29 is 23.6 Å². The lowest BCUT2D eigenvalue weighted by molar-refractivity contribution is -0.117. The number of carbonyl (C=O) groups is 2. The number of thiazole rings is 1. The third-order valence-corrected chi connectivity index (χ3v) is 5.94. The van der Waals surface area contributed by atoms with Crippen molar-refractivity contribution in [3.8, 4) is 11.5 Å². The Balaban J connectivity index is 1.35. The third-order valence-electron chi connectivity index (χ3n) is 4.94. The lowest BCUT2D eigenvalue weighted by Gasteiger charge is -2.25. The average Bonchev–Trinajstić information content (AvgIpc) is 3.39. The highest BCUT2D eigenvalue weighted by Crippen LogP contribution is 2.30. The SMILES string of the molecule is COc1ccc(NC(=O)CN2CCc3nc(NC(=O)c4cc(C)on4)sc3C2)c(OC)c1. The van der Waals surface area contributed by atoms with Crippen molar-refractivity contribution in [3.63, 3.8) is 0 Å². The Morgan fingerprint density at radius 1 is 1.22 bits per heavy atom. The van der Waals surface area contributed by atoms with E-state index in [4.69, 9.17) is 14.0 Å². The van der Waals surface area contributed by atoms with Gasteiger partial charge in [-0.25, -0.2) is 4.98 Å². The minimum atomic E-state index is -0.363. The molecule has 3 aromatic rings. The number of hydrogen-bond donors (Lipinski definition) is 2. The van der Waals surface area contributed by atoms with Crippen molar-refractivity contribution in [1.82, 2.24) is 15.0 Å². The summed E-state index contributed by atoms with van der Waals surface area (Å²) in [6, 6.07) is 6.80. The smallest absolute Gasteiger partial charge is 0.279 e. The van der Waals surface area contributed by atoms with Gasteiger partial charge >= 0.3 is 0 Å². The highest BCUT2D eigenvalue weighted by molar-refractivity contribution is 7.15. The van der Waals surface area contributed by atoms with E-state index in [9.17, 15) is 9.59 Å². The molecule has 0 saturated heterocycles. The van der Waals surface area contributed by atoms with Gasteiger partial charge in [-0.2, -0.15) is 0 Å². The van der Waals surface area contributed by atoms with Crippen molar-refractivity contribution in [3.05, 3.63) is 46.3 Å². The molecular formula is C21H23N5O5S. The fourth-order valence-electron chi connectivity index (χ4n) is 3.37. The van der Waals surface area contributed by atoms with Crippen molar-refractivity contribution in [2.45, 2.75) is 19.9 Å². The van der Waals surface area contributed by atoms with Crippen LogP contribution in [0.2, 0.25) is 0 Å². The molecule has 0 spiro atoms. The summed E-state index contributed by atoms with van der Waals surface area (Å²) in [6.07, 6.45) is 0.698. The van der Waals surface area contributed by atoms with E-state index in [0.717, 1.165) is 10.6 Å². The Hall–Kier alpha value is -3.44. The fourth-order valence-corrected chi connectivity index (χ4v) is 4.41. The Morgan fingerprint density at radius 3 is 2.78 bits per heavy atom. The summed E-state index contributed by atoms with van der Waals surface area (Å²) in [4.78, 5) is 32.4. The van der Waals surface area contributed by atoms with Gasteiger partial charge in [-0.05, 0) is 19.1 Å². The van der Waals surface area contributed by atoms with Gasteiger partial charge in [0.1, 0.15) is 17.3 Å². The van der Waals surface area contributed by atoms with Crippen LogP contribution < -0.4 is 20.1 Å². The number of carbonyl (C=O) groups excluding carboxylic acids is 2. The zero-order valence-corrected chi connectivity index (χ0v) is 18.7. The lowest BCUT2D eigenvalue weighted by Crippen LogP contribution is -2.36. The fraction of sp³-hybridized carbons (Fsp3) is 0.333. The van der Waals surface area contributed by atoms with Gasteiger partial charge < -0.3 is 19.3 Å². The van der Waals surface area contributed by atoms with Crippen molar-refractivity contribution >= 4 is 34.0 Å². The second-order valence-corrected chi connectivity index (χ2v) is 8.32. The molecular weight excluding hydrogens is 434 g/mol. The van der Waals surface area contributed by atoms with Crippen LogP contribution in [-0.4, -0.2) is 54.2 Å². The number of aryl methyl sites for hydroxylation is 1. The van der Waals surface area contributed by atoms with Gasteiger partial charge in [-0.3, -0.25) is 19.8 Å². The molecule has 1 aliphatic rings. The normalized spacial score (nSPS) is 13.3. The van der Waals surface area contributed by atoms with E-state index in [1.807, 2.05) is 4.90 Å². The van der Waals surface area contributed by atoms with Crippen LogP contribution in [0.25, 0.3) is 0 Å². The second-order valence-electron chi connectivity index (χ2n) is 7.24. The highest BCUT2D eigenvalue weighted by Gasteiger charge is 2.24. The largest absolute Gasteiger partial charge is 0.497 e. The standard InChI is InChI=1S/C21H23N5O5S/c1-12-8-16(25-31-12)20(28)24-21-23-15-6-7-26(10-18(15)32-21)11-19(27)22-14-5-4-13(29-2)9-17(14)30-3/h4-5,8-9H,6-7,10-11H2,1-3H3,(H,22,27)(H,23,24,28). The molecule has 3 heterocycles. The summed E-state index contributed by atoms with van der Waals surface area (Å²) in [5.41, 5.74) is 1.74. The molecule has 0 bridgehead atoms. The zero-order valence-electron chi connectivity index (χ0n) is 17.9. The van der Waals surface area contributed by atoms with E-state index in [-0.39, 0.29) is 24.1 Å². The summed E-state index contributed by atoms with van der Waals surface area (Å²) in [6.45, 7) is 3.23. The second kappa shape index (κ2) is 9.37.